The molecule has 1 aromatic heterocycles. The molecule has 30 heavy (non-hydrogen) atoms. The van der Waals surface area contributed by atoms with Gasteiger partial charge in [-0.05, 0) is 48.5 Å². The average Bonchev–Trinajstić information content (AvgIpc) is 3.14. The molecule has 7 nitrogen and oxygen atoms in total. The molecule has 4 aromatic rings. The van der Waals surface area contributed by atoms with Crippen molar-refractivity contribution in [2.45, 2.75) is 5.09 Å². The summed E-state index contributed by atoms with van der Waals surface area (Å²) in [5.74, 6) is -1.17. The Morgan fingerprint density at radius 1 is 0.967 bits per heavy atom. The molecule has 152 valence electrons. The van der Waals surface area contributed by atoms with Crippen LogP contribution in [-0.4, -0.2) is 19.5 Å². The average molecular weight is 427 g/mol. The van der Waals surface area contributed by atoms with Gasteiger partial charge in [-0.25, -0.2) is 9.18 Å². The standard InChI is InChI=1S/C21H14FNO6S/c22-14-6-9-19-13(10-14)11-20(29-19)30(26,27)23-18-8-7-16(12-17(18)21(24)25)28-15-4-2-1-3-5-15/h1-12,23H,(H,24,25). The number of carboxylic acid groups (broad SMARTS) is 1. The molecule has 0 atom stereocenters. The molecule has 4 rings (SSSR count). The summed E-state index contributed by atoms with van der Waals surface area (Å²) in [6.07, 6.45) is 0. The predicted molar refractivity (Wildman–Crippen MR) is 107 cm³/mol. The first-order chi connectivity index (χ1) is 14.3. The van der Waals surface area contributed by atoms with Crippen molar-refractivity contribution >= 4 is 32.6 Å². The summed E-state index contributed by atoms with van der Waals surface area (Å²) in [6, 6.07) is 17.4. The van der Waals surface area contributed by atoms with E-state index in [-0.39, 0.29) is 28.0 Å². The van der Waals surface area contributed by atoms with Gasteiger partial charge < -0.3 is 14.3 Å². The van der Waals surface area contributed by atoms with Gasteiger partial charge in [0.25, 0.3) is 10.0 Å². The zero-order valence-corrected chi connectivity index (χ0v) is 16.0. The normalized spacial score (nSPS) is 11.4. The fourth-order valence-corrected chi connectivity index (χ4v) is 3.84. The molecule has 0 spiro atoms. The SMILES string of the molecule is O=C(O)c1cc(Oc2ccccc2)ccc1NS(=O)(=O)c1cc2cc(F)ccc2o1. The van der Waals surface area contributed by atoms with Gasteiger partial charge in [0.2, 0.25) is 5.09 Å². The number of anilines is 1. The van der Waals surface area contributed by atoms with Gasteiger partial charge >= 0.3 is 5.97 Å². The second-order valence-electron chi connectivity index (χ2n) is 6.28. The molecule has 0 saturated heterocycles. The van der Waals surface area contributed by atoms with Crippen molar-refractivity contribution in [2.24, 2.45) is 0 Å². The fraction of sp³-hybridized carbons (Fsp3) is 0. The molecule has 9 heteroatoms. The van der Waals surface area contributed by atoms with Gasteiger partial charge in [-0.1, -0.05) is 18.2 Å². The van der Waals surface area contributed by atoms with Gasteiger partial charge in [-0.3, -0.25) is 4.72 Å². The molecule has 0 aliphatic heterocycles. The monoisotopic (exact) mass is 427 g/mol. The van der Waals surface area contributed by atoms with E-state index in [2.05, 4.69) is 4.72 Å². The Bertz CT molecular complexity index is 1350. The topological polar surface area (TPSA) is 106 Å². The summed E-state index contributed by atoms with van der Waals surface area (Å²) in [6.45, 7) is 0. The number of furan rings is 1. The lowest BCUT2D eigenvalue weighted by Gasteiger charge is -2.11. The largest absolute Gasteiger partial charge is 0.478 e. The van der Waals surface area contributed by atoms with Crippen LogP contribution >= 0.6 is 0 Å². The minimum Gasteiger partial charge on any atom is -0.478 e. The number of nitrogens with one attached hydrogen (secondary N) is 1. The molecule has 0 amide bonds. The highest BCUT2D eigenvalue weighted by Gasteiger charge is 2.23. The van der Waals surface area contributed by atoms with E-state index in [1.54, 1.807) is 30.3 Å². The fourth-order valence-electron chi connectivity index (χ4n) is 2.79. The van der Waals surface area contributed by atoms with E-state index in [1.807, 2.05) is 0 Å². The van der Waals surface area contributed by atoms with E-state index in [4.69, 9.17) is 9.15 Å². The first-order valence-corrected chi connectivity index (χ1v) is 10.1. The van der Waals surface area contributed by atoms with Crippen molar-refractivity contribution < 1.29 is 31.9 Å². The van der Waals surface area contributed by atoms with Crippen LogP contribution in [-0.2, 0) is 10.0 Å². The summed E-state index contributed by atoms with van der Waals surface area (Å²) < 4.78 is 51.8. The van der Waals surface area contributed by atoms with Crippen LogP contribution in [0.1, 0.15) is 10.4 Å². The maximum absolute atomic E-state index is 13.3. The van der Waals surface area contributed by atoms with Crippen LogP contribution in [0.25, 0.3) is 11.0 Å². The molecule has 1 heterocycles. The summed E-state index contributed by atoms with van der Waals surface area (Å²) >= 11 is 0. The molecule has 2 N–H and O–H groups in total. The third kappa shape index (κ3) is 3.96. The number of sulfonamides is 1. The number of carboxylic acids is 1. The van der Waals surface area contributed by atoms with E-state index in [1.165, 1.54) is 24.3 Å². The second kappa shape index (κ2) is 7.53. The summed E-state index contributed by atoms with van der Waals surface area (Å²) in [7, 11) is -4.26. The molecule has 0 radical (unpaired) electrons. The third-order valence-electron chi connectivity index (χ3n) is 4.17. The van der Waals surface area contributed by atoms with Crippen molar-refractivity contribution in [2.75, 3.05) is 4.72 Å². The Morgan fingerprint density at radius 3 is 2.47 bits per heavy atom. The molecule has 0 bridgehead atoms. The molecular weight excluding hydrogens is 413 g/mol. The van der Waals surface area contributed by atoms with Crippen molar-refractivity contribution in [3.8, 4) is 11.5 Å². The zero-order valence-electron chi connectivity index (χ0n) is 15.2. The van der Waals surface area contributed by atoms with Crippen molar-refractivity contribution in [1.29, 1.82) is 0 Å². The van der Waals surface area contributed by atoms with Crippen molar-refractivity contribution in [3.63, 3.8) is 0 Å². The lowest BCUT2D eigenvalue weighted by atomic mass is 10.2. The Kier molecular flexibility index (Phi) is 4.88. The maximum atomic E-state index is 13.3. The maximum Gasteiger partial charge on any atom is 0.337 e. The summed E-state index contributed by atoms with van der Waals surface area (Å²) in [4.78, 5) is 11.7. The highest BCUT2D eigenvalue weighted by molar-refractivity contribution is 7.92. The Labute approximate surface area is 170 Å². The van der Waals surface area contributed by atoms with Crippen LogP contribution in [0.5, 0.6) is 11.5 Å². The molecule has 0 saturated carbocycles. The van der Waals surface area contributed by atoms with Crippen molar-refractivity contribution in [1.82, 2.24) is 0 Å². The molecule has 3 aromatic carbocycles. The highest BCUT2D eigenvalue weighted by atomic mass is 32.2. The number of benzene rings is 3. The van der Waals surface area contributed by atoms with Gasteiger partial charge in [-0.15, -0.1) is 0 Å². The Balaban J connectivity index is 1.66. The number of para-hydroxylation sites is 1. The van der Waals surface area contributed by atoms with E-state index in [0.717, 1.165) is 18.2 Å². The molecule has 0 aliphatic rings. The van der Waals surface area contributed by atoms with E-state index >= 15 is 0 Å². The van der Waals surface area contributed by atoms with Gasteiger partial charge in [0.05, 0.1) is 11.3 Å². The minimum absolute atomic E-state index is 0.172. The van der Waals surface area contributed by atoms with E-state index < -0.39 is 26.9 Å². The lowest BCUT2D eigenvalue weighted by molar-refractivity contribution is 0.0697. The number of hydrogen-bond acceptors (Lipinski definition) is 5. The van der Waals surface area contributed by atoms with Gasteiger partial charge in [0.1, 0.15) is 22.9 Å². The van der Waals surface area contributed by atoms with Crippen LogP contribution in [0.2, 0.25) is 0 Å². The number of aromatic carboxylic acids is 1. The third-order valence-corrected chi connectivity index (χ3v) is 5.38. The first kappa shape index (κ1) is 19.5. The molecule has 0 unspecified atom stereocenters. The number of carbonyl (C=O) groups is 1. The zero-order chi connectivity index (χ0) is 21.3. The van der Waals surface area contributed by atoms with Gasteiger partial charge in [0.15, 0.2) is 0 Å². The molecular formula is C21H14FNO6S. The number of hydrogen-bond donors (Lipinski definition) is 2. The predicted octanol–water partition coefficient (Wildman–Crippen LogP) is 4.86. The summed E-state index contributed by atoms with van der Waals surface area (Å²) in [5, 5.41) is 9.31. The van der Waals surface area contributed by atoms with Gasteiger partial charge in [-0.2, -0.15) is 8.42 Å². The number of ether oxygens (including phenoxy) is 1. The van der Waals surface area contributed by atoms with Crippen LogP contribution < -0.4 is 9.46 Å². The number of rotatable bonds is 6. The molecule has 0 aliphatic carbocycles. The quantitative estimate of drug-likeness (QED) is 0.455. The van der Waals surface area contributed by atoms with Crippen LogP contribution in [0, 0.1) is 5.82 Å². The van der Waals surface area contributed by atoms with Crippen LogP contribution in [0.15, 0.2) is 82.3 Å². The Morgan fingerprint density at radius 2 is 1.73 bits per heavy atom. The minimum atomic E-state index is -4.26. The van der Waals surface area contributed by atoms with Crippen LogP contribution in [0.3, 0.4) is 0 Å². The second-order valence-corrected chi connectivity index (χ2v) is 7.89. The summed E-state index contributed by atoms with van der Waals surface area (Å²) in [5.41, 5.74) is -0.300. The van der Waals surface area contributed by atoms with Gasteiger partial charge in [0, 0.05) is 11.5 Å². The van der Waals surface area contributed by atoms with Crippen molar-refractivity contribution in [3.05, 3.63) is 84.2 Å². The highest BCUT2D eigenvalue weighted by Crippen LogP contribution is 2.30. The molecule has 0 fully saturated rings. The smallest absolute Gasteiger partial charge is 0.337 e. The number of halogens is 1. The van der Waals surface area contributed by atoms with E-state index in [9.17, 15) is 22.7 Å². The Hall–Kier alpha value is -3.85. The van der Waals surface area contributed by atoms with E-state index in [0.29, 0.717) is 5.75 Å². The first-order valence-electron chi connectivity index (χ1n) is 8.64. The lowest BCUT2D eigenvalue weighted by Crippen LogP contribution is -2.15. The number of fused-ring (bicyclic) bond motifs is 1. The van der Waals surface area contributed by atoms with Crippen LogP contribution in [0.4, 0.5) is 10.1 Å².